The van der Waals surface area contributed by atoms with E-state index in [1.165, 1.54) is 24.3 Å². The van der Waals surface area contributed by atoms with Crippen molar-refractivity contribution >= 4 is 11.9 Å². The molecule has 0 atom stereocenters. The van der Waals surface area contributed by atoms with Crippen LogP contribution in [0.4, 0.5) is 4.39 Å². The molecular formula is C19H15FN2O3. The zero-order valence-corrected chi connectivity index (χ0v) is 13.3. The predicted molar refractivity (Wildman–Crippen MR) is 87.6 cm³/mol. The quantitative estimate of drug-likeness (QED) is 0.671. The Morgan fingerprint density at radius 3 is 2.56 bits per heavy atom. The molecule has 1 aliphatic rings. The van der Waals surface area contributed by atoms with Gasteiger partial charge in [0.2, 0.25) is 0 Å². The number of hydrogen-bond acceptors (Lipinski definition) is 4. The van der Waals surface area contributed by atoms with Gasteiger partial charge in [-0.2, -0.15) is 5.26 Å². The van der Waals surface area contributed by atoms with Crippen molar-refractivity contribution in [1.82, 2.24) is 5.32 Å². The SMILES string of the molecule is N#Cc1ccc(OC(=O)c2ccccc2)c(F)c1C(=O)NCC1CC1. The van der Waals surface area contributed by atoms with Gasteiger partial charge in [-0.15, -0.1) is 0 Å². The molecule has 1 N–H and O–H groups in total. The van der Waals surface area contributed by atoms with Crippen LogP contribution in [0.5, 0.6) is 5.75 Å². The fourth-order valence-electron chi connectivity index (χ4n) is 2.33. The van der Waals surface area contributed by atoms with Crippen LogP contribution in [0.25, 0.3) is 0 Å². The molecule has 1 saturated carbocycles. The predicted octanol–water partition coefficient (Wildman–Crippen LogP) is 3.06. The van der Waals surface area contributed by atoms with Gasteiger partial charge >= 0.3 is 5.97 Å². The zero-order chi connectivity index (χ0) is 17.8. The molecule has 3 rings (SSSR count). The van der Waals surface area contributed by atoms with Crippen LogP contribution in [-0.2, 0) is 0 Å². The molecule has 0 radical (unpaired) electrons. The standard InChI is InChI=1S/C19H15FN2O3/c20-17-15(25-19(24)13-4-2-1-3-5-13)9-8-14(10-21)16(17)18(23)22-11-12-6-7-12/h1-5,8-9,12H,6-7,11H2,(H,22,23). The molecule has 1 amide bonds. The van der Waals surface area contributed by atoms with Crippen molar-refractivity contribution in [2.75, 3.05) is 6.54 Å². The van der Waals surface area contributed by atoms with E-state index in [2.05, 4.69) is 5.32 Å². The average molecular weight is 338 g/mol. The number of nitrogens with one attached hydrogen (secondary N) is 1. The Kier molecular flexibility index (Phi) is 4.75. The molecule has 0 unspecified atom stereocenters. The van der Waals surface area contributed by atoms with Gasteiger partial charge in [0.1, 0.15) is 6.07 Å². The van der Waals surface area contributed by atoms with Crippen LogP contribution < -0.4 is 10.1 Å². The van der Waals surface area contributed by atoms with Gasteiger partial charge in [-0.1, -0.05) is 18.2 Å². The third kappa shape index (κ3) is 3.83. The Morgan fingerprint density at radius 1 is 1.20 bits per heavy atom. The lowest BCUT2D eigenvalue weighted by Crippen LogP contribution is -2.27. The first kappa shape index (κ1) is 16.7. The average Bonchev–Trinajstić information content (AvgIpc) is 3.46. The molecule has 1 aliphatic carbocycles. The van der Waals surface area contributed by atoms with E-state index in [4.69, 9.17) is 10.00 Å². The Hall–Kier alpha value is -3.20. The summed E-state index contributed by atoms with van der Waals surface area (Å²) in [6.45, 7) is 0.442. The van der Waals surface area contributed by atoms with Crippen molar-refractivity contribution in [3.05, 3.63) is 65.0 Å². The number of esters is 1. The lowest BCUT2D eigenvalue weighted by Gasteiger charge is -2.11. The smallest absolute Gasteiger partial charge is 0.343 e. The maximum atomic E-state index is 14.7. The first-order chi connectivity index (χ1) is 12.1. The van der Waals surface area contributed by atoms with E-state index in [0.29, 0.717) is 12.5 Å². The van der Waals surface area contributed by atoms with E-state index >= 15 is 0 Å². The Labute approximate surface area is 144 Å². The lowest BCUT2D eigenvalue weighted by molar-refractivity contribution is 0.0725. The van der Waals surface area contributed by atoms with Crippen LogP contribution in [0.2, 0.25) is 0 Å². The summed E-state index contributed by atoms with van der Waals surface area (Å²) in [6.07, 6.45) is 2.06. The summed E-state index contributed by atoms with van der Waals surface area (Å²) in [5.74, 6) is -2.41. The zero-order valence-electron chi connectivity index (χ0n) is 13.3. The topological polar surface area (TPSA) is 79.2 Å². The number of amides is 1. The highest BCUT2D eigenvalue weighted by Gasteiger charge is 2.26. The number of carbonyl (C=O) groups is 2. The van der Waals surface area contributed by atoms with Crippen LogP contribution in [0, 0.1) is 23.1 Å². The van der Waals surface area contributed by atoms with Crippen molar-refractivity contribution in [2.24, 2.45) is 5.92 Å². The van der Waals surface area contributed by atoms with Gasteiger partial charge in [0.05, 0.1) is 16.7 Å². The van der Waals surface area contributed by atoms with E-state index in [9.17, 15) is 14.0 Å². The summed E-state index contributed by atoms with van der Waals surface area (Å²) in [7, 11) is 0. The maximum absolute atomic E-state index is 14.7. The van der Waals surface area contributed by atoms with Gasteiger partial charge in [-0.05, 0) is 43.0 Å². The summed E-state index contributed by atoms with van der Waals surface area (Å²) in [5.41, 5.74) is -0.252. The van der Waals surface area contributed by atoms with Gasteiger partial charge in [0, 0.05) is 6.54 Å². The first-order valence-electron chi connectivity index (χ1n) is 7.88. The number of carbonyl (C=O) groups excluding carboxylic acids is 2. The fourth-order valence-corrected chi connectivity index (χ4v) is 2.33. The first-order valence-corrected chi connectivity index (χ1v) is 7.88. The molecule has 5 nitrogen and oxygen atoms in total. The second kappa shape index (κ2) is 7.14. The second-order valence-corrected chi connectivity index (χ2v) is 5.82. The van der Waals surface area contributed by atoms with Crippen molar-refractivity contribution in [3.8, 4) is 11.8 Å². The van der Waals surface area contributed by atoms with Gasteiger partial charge in [0.15, 0.2) is 11.6 Å². The molecule has 0 bridgehead atoms. The Morgan fingerprint density at radius 2 is 1.92 bits per heavy atom. The van der Waals surface area contributed by atoms with Crippen LogP contribution in [0.15, 0.2) is 42.5 Å². The van der Waals surface area contributed by atoms with E-state index in [1.807, 2.05) is 0 Å². The molecule has 1 fully saturated rings. The highest BCUT2D eigenvalue weighted by molar-refractivity contribution is 5.98. The van der Waals surface area contributed by atoms with Gasteiger partial charge in [-0.25, -0.2) is 9.18 Å². The summed E-state index contributed by atoms with van der Waals surface area (Å²) >= 11 is 0. The largest absolute Gasteiger partial charge is 0.420 e. The number of benzene rings is 2. The molecule has 126 valence electrons. The second-order valence-electron chi connectivity index (χ2n) is 5.82. The van der Waals surface area contributed by atoms with E-state index in [1.54, 1.807) is 24.3 Å². The summed E-state index contributed by atoms with van der Waals surface area (Å²) in [5, 5.41) is 11.7. The highest BCUT2D eigenvalue weighted by atomic mass is 19.1. The normalized spacial score (nSPS) is 13.0. The Bertz CT molecular complexity index is 855. The Balaban J connectivity index is 1.85. The van der Waals surface area contributed by atoms with Crippen LogP contribution in [-0.4, -0.2) is 18.4 Å². The number of hydrogen-bond donors (Lipinski definition) is 1. The van der Waals surface area contributed by atoms with Gasteiger partial charge in [-0.3, -0.25) is 4.79 Å². The molecular weight excluding hydrogens is 323 g/mol. The fraction of sp³-hybridized carbons (Fsp3) is 0.211. The van der Waals surface area contributed by atoms with Gasteiger partial charge < -0.3 is 10.1 Å². The van der Waals surface area contributed by atoms with E-state index < -0.39 is 23.3 Å². The number of nitriles is 1. The summed E-state index contributed by atoms with van der Waals surface area (Å²) in [4.78, 5) is 24.3. The highest BCUT2D eigenvalue weighted by Crippen LogP contribution is 2.28. The number of ether oxygens (including phenoxy) is 1. The van der Waals surface area contributed by atoms with Crippen LogP contribution in [0.1, 0.15) is 39.1 Å². The van der Waals surface area contributed by atoms with E-state index in [-0.39, 0.29) is 16.9 Å². The minimum atomic E-state index is -1.02. The monoisotopic (exact) mass is 338 g/mol. The van der Waals surface area contributed by atoms with Crippen molar-refractivity contribution < 1.29 is 18.7 Å². The minimum Gasteiger partial charge on any atom is -0.420 e. The van der Waals surface area contributed by atoms with Crippen molar-refractivity contribution in [2.45, 2.75) is 12.8 Å². The molecule has 0 aromatic heterocycles. The third-order valence-electron chi connectivity index (χ3n) is 3.91. The molecule has 0 aliphatic heterocycles. The van der Waals surface area contributed by atoms with Gasteiger partial charge in [0.25, 0.3) is 5.91 Å². The molecule has 0 saturated heterocycles. The number of halogens is 1. The molecule has 2 aromatic carbocycles. The van der Waals surface area contributed by atoms with Crippen LogP contribution in [0.3, 0.4) is 0 Å². The maximum Gasteiger partial charge on any atom is 0.343 e. The summed E-state index contributed by atoms with van der Waals surface area (Å²) in [6, 6.07) is 12.3. The lowest BCUT2D eigenvalue weighted by atomic mass is 10.1. The minimum absolute atomic E-state index is 0.106. The third-order valence-corrected chi connectivity index (χ3v) is 3.91. The molecule has 0 heterocycles. The molecule has 6 heteroatoms. The number of nitrogens with zero attached hydrogens (tertiary/aromatic N) is 1. The van der Waals surface area contributed by atoms with Crippen molar-refractivity contribution in [3.63, 3.8) is 0 Å². The molecule has 2 aromatic rings. The number of rotatable bonds is 5. The van der Waals surface area contributed by atoms with E-state index in [0.717, 1.165) is 12.8 Å². The summed E-state index contributed by atoms with van der Waals surface area (Å²) < 4.78 is 19.8. The van der Waals surface area contributed by atoms with Crippen molar-refractivity contribution in [1.29, 1.82) is 5.26 Å². The van der Waals surface area contributed by atoms with Crippen LogP contribution >= 0.6 is 0 Å². The molecule has 0 spiro atoms. The molecule has 25 heavy (non-hydrogen) atoms.